The lowest BCUT2D eigenvalue weighted by Gasteiger charge is -2.21. The fourth-order valence-corrected chi connectivity index (χ4v) is 2.59. The van der Waals surface area contributed by atoms with Crippen molar-refractivity contribution in [1.29, 1.82) is 0 Å². The summed E-state index contributed by atoms with van der Waals surface area (Å²) < 4.78 is 37.7. The van der Waals surface area contributed by atoms with Crippen molar-refractivity contribution in [1.82, 2.24) is 0 Å². The van der Waals surface area contributed by atoms with Crippen molar-refractivity contribution in [2.24, 2.45) is 0 Å². The van der Waals surface area contributed by atoms with Crippen LogP contribution in [-0.4, -0.2) is 6.54 Å². The van der Waals surface area contributed by atoms with E-state index in [2.05, 4.69) is 11.4 Å². The van der Waals surface area contributed by atoms with Crippen molar-refractivity contribution in [3.05, 3.63) is 53.6 Å². The van der Waals surface area contributed by atoms with Crippen molar-refractivity contribution in [2.75, 3.05) is 11.9 Å². The van der Waals surface area contributed by atoms with E-state index in [9.17, 15) is 13.2 Å². The minimum atomic E-state index is -4.28. The summed E-state index contributed by atoms with van der Waals surface area (Å²) in [6.07, 6.45) is -2.19. The van der Waals surface area contributed by atoms with Gasteiger partial charge in [-0.15, -0.1) is 0 Å². The van der Waals surface area contributed by atoms with Crippen molar-refractivity contribution in [2.45, 2.75) is 19.0 Å². The number of rotatable bonds is 1. The smallest absolute Gasteiger partial charge is 0.384 e. The number of alkyl halides is 3. The van der Waals surface area contributed by atoms with Crippen LogP contribution in [0.2, 0.25) is 0 Å². The second-order valence-corrected chi connectivity index (χ2v) is 4.95. The first-order chi connectivity index (χ1) is 9.55. The molecule has 20 heavy (non-hydrogen) atoms. The molecule has 1 aliphatic heterocycles. The topological polar surface area (TPSA) is 12.0 Å². The van der Waals surface area contributed by atoms with Gasteiger partial charge in [-0.05, 0) is 36.1 Å². The van der Waals surface area contributed by atoms with Gasteiger partial charge in [0.25, 0.3) is 0 Å². The van der Waals surface area contributed by atoms with Crippen LogP contribution in [0.1, 0.15) is 17.5 Å². The first-order valence-electron chi connectivity index (χ1n) is 6.59. The monoisotopic (exact) mass is 277 g/mol. The molecule has 0 spiro atoms. The Morgan fingerprint density at radius 1 is 0.950 bits per heavy atom. The van der Waals surface area contributed by atoms with Crippen LogP contribution in [0.3, 0.4) is 0 Å². The Labute approximate surface area is 115 Å². The van der Waals surface area contributed by atoms with E-state index in [0.717, 1.165) is 48.3 Å². The molecule has 0 fully saturated rings. The van der Waals surface area contributed by atoms with E-state index in [1.807, 2.05) is 12.1 Å². The molecule has 1 N–H and O–H groups in total. The number of anilines is 1. The molecule has 0 unspecified atom stereocenters. The number of benzene rings is 2. The van der Waals surface area contributed by atoms with E-state index >= 15 is 0 Å². The van der Waals surface area contributed by atoms with Gasteiger partial charge in [0.15, 0.2) is 0 Å². The molecule has 0 aromatic heterocycles. The molecule has 2 aromatic carbocycles. The summed E-state index contributed by atoms with van der Waals surface area (Å²) in [6, 6.07) is 11.3. The van der Waals surface area contributed by atoms with Crippen LogP contribution in [0.25, 0.3) is 11.1 Å². The third-order valence-electron chi connectivity index (χ3n) is 3.60. The fraction of sp³-hybridized carbons (Fsp3) is 0.250. The lowest BCUT2D eigenvalue weighted by Crippen LogP contribution is -2.12. The molecular weight excluding hydrogens is 263 g/mol. The van der Waals surface area contributed by atoms with Gasteiger partial charge < -0.3 is 5.32 Å². The van der Waals surface area contributed by atoms with E-state index in [0.29, 0.717) is 0 Å². The van der Waals surface area contributed by atoms with Crippen molar-refractivity contribution in [3.8, 4) is 11.1 Å². The third kappa shape index (κ3) is 2.38. The van der Waals surface area contributed by atoms with Gasteiger partial charge in [-0.2, -0.15) is 13.2 Å². The van der Waals surface area contributed by atoms with Crippen LogP contribution in [-0.2, 0) is 12.6 Å². The average Bonchev–Trinajstić information content (AvgIpc) is 2.46. The van der Waals surface area contributed by atoms with Crippen molar-refractivity contribution >= 4 is 5.69 Å². The Morgan fingerprint density at radius 2 is 1.70 bits per heavy atom. The summed E-state index contributed by atoms with van der Waals surface area (Å²) in [5, 5.41) is 3.35. The van der Waals surface area contributed by atoms with Crippen LogP contribution in [0.4, 0.5) is 18.9 Å². The maximum atomic E-state index is 12.6. The summed E-state index contributed by atoms with van der Waals surface area (Å²) in [7, 11) is 0. The predicted molar refractivity (Wildman–Crippen MR) is 73.7 cm³/mol. The van der Waals surface area contributed by atoms with Crippen LogP contribution in [0.15, 0.2) is 42.5 Å². The molecule has 3 rings (SSSR count). The van der Waals surface area contributed by atoms with Crippen LogP contribution in [0.5, 0.6) is 0 Å². The molecule has 0 radical (unpaired) electrons. The fourth-order valence-electron chi connectivity index (χ4n) is 2.59. The molecule has 0 atom stereocenters. The molecule has 0 bridgehead atoms. The molecule has 2 aromatic rings. The molecule has 0 aliphatic carbocycles. The minimum Gasteiger partial charge on any atom is -0.384 e. The van der Waals surface area contributed by atoms with E-state index < -0.39 is 11.7 Å². The van der Waals surface area contributed by atoms with Crippen molar-refractivity contribution < 1.29 is 13.2 Å². The molecule has 0 amide bonds. The standard InChI is InChI=1S/C16H14F3N/c17-16(18,19)13-8-6-11(7-9-13)14-5-1-3-12-4-2-10-20-15(12)14/h1,3,5-9,20H,2,4,10H2. The number of hydrogen-bond donors (Lipinski definition) is 1. The van der Waals surface area contributed by atoms with Crippen LogP contribution < -0.4 is 5.32 Å². The number of nitrogens with one attached hydrogen (secondary N) is 1. The normalized spacial score (nSPS) is 14.6. The highest BCUT2D eigenvalue weighted by molar-refractivity contribution is 5.80. The first kappa shape index (κ1) is 13.0. The maximum Gasteiger partial charge on any atom is 0.416 e. The zero-order valence-electron chi connectivity index (χ0n) is 10.8. The highest BCUT2D eigenvalue weighted by Gasteiger charge is 2.30. The third-order valence-corrected chi connectivity index (χ3v) is 3.60. The Morgan fingerprint density at radius 3 is 2.40 bits per heavy atom. The molecular formula is C16H14F3N. The minimum absolute atomic E-state index is 0.612. The first-order valence-corrected chi connectivity index (χ1v) is 6.59. The lowest BCUT2D eigenvalue weighted by molar-refractivity contribution is -0.137. The van der Waals surface area contributed by atoms with Gasteiger partial charge in [-0.1, -0.05) is 30.3 Å². The maximum absolute atomic E-state index is 12.6. The van der Waals surface area contributed by atoms with Crippen LogP contribution in [0, 0.1) is 0 Å². The molecule has 104 valence electrons. The number of para-hydroxylation sites is 1. The number of hydrogen-bond acceptors (Lipinski definition) is 1. The quantitative estimate of drug-likeness (QED) is 0.794. The highest BCUT2D eigenvalue weighted by atomic mass is 19.4. The number of aryl methyl sites for hydroxylation is 1. The summed E-state index contributed by atoms with van der Waals surface area (Å²) in [6.45, 7) is 0.907. The van der Waals surface area contributed by atoms with Gasteiger partial charge in [-0.25, -0.2) is 0 Å². The van der Waals surface area contributed by atoms with E-state index in [-0.39, 0.29) is 0 Å². The van der Waals surface area contributed by atoms with Gasteiger partial charge in [0, 0.05) is 17.8 Å². The SMILES string of the molecule is FC(F)(F)c1ccc(-c2cccc3c2NCCC3)cc1. The Balaban J connectivity index is 2.01. The van der Waals surface area contributed by atoms with Gasteiger partial charge in [0.2, 0.25) is 0 Å². The molecule has 0 saturated carbocycles. The highest BCUT2D eigenvalue weighted by Crippen LogP contribution is 2.36. The molecule has 1 aliphatic rings. The van der Waals surface area contributed by atoms with Gasteiger partial charge in [0.1, 0.15) is 0 Å². The van der Waals surface area contributed by atoms with Crippen molar-refractivity contribution in [3.63, 3.8) is 0 Å². The summed E-state index contributed by atoms with van der Waals surface area (Å²) in [5.74, 6) is 0. The zero-order valence-corrected chi connectivity index (χ0v) is 10.8. The zero-order chi connectivity index (χ0) is 14.2. The largest absolute Gasteiger partial charge is 0.416 e. The number of halogens is 3. The summed E-state index contributed by atoms with van der Waals surface area (Å²) >= 11 is 0. The lowest BCUT2D eigenvalue weighted by atomic mass is 9.95. The number of fused-ring (bicyclic) bond motifs is 1. The Kier molecular flexibility index (Phi) is 3.16. The second kappa shape index (κ2) is 4.85. The summed E-state index contributed by atoms with van der Waals surface area (Å²) in [5.41, 5.74) is 3.45. The van der Waals surface area contributed by atoms with E-state index in [1.54, 1.807) is 0 Å². The van der Waals surface area contributed by atoms with Gasteiger partial charge >= 0.3 is 6.18 Å². The summed E-state index contributed by atoms with van der Waals surface area (Å²) in [4.78, 5) is 0. The average molecular weight is 277 g/mol. The molecule has 4 heteroatoms. The van der Waals surface area contributed by atoms with E-state index in [1.165, 1.54) is 17.7 Å². The van der Waals surface area contributed by atoms with E-state index in [4.69, 9.17) is 0 Å². The Bertz CT molecular complexity index is 615. The van der Waals surface area contributed by atoms with Crippen LogP contribution >= 0.6 is 0 Å². The second-order valence-electron chi connectivity index (χ2n) is 4.95. The molecule has 0 saturated heterocycles. The van der Waals surface area contributed by atoms with Gasteiger partial charge in [-0.3, -0.25) is 0 Å². The molecule has 1 heterocycles. The van der Waals surface area contributed by atoms with Gasteiger partial charge in [0.05, 0.1) is 5.56 Å². The molecule has 1 nitrogen and oxygen atoms in total. The Hall–Kier alpha value is -1.97. The predicted octanol–water partition coefficient (Wildman–Crippen LogP) is 4.73.